The molecule has 0 spiro atoms. The Hall–Kier alpha value is -2.51. The van der Waals surface area contributed by atoms with E-state index in [-0.39, 0.29) is 10.5 Å². The predicted molar refractivity (Wildman–Crippen MR) is 110 cm³/mol. The normalized spacial score (nSPS) is 17.4. The molecule has 0 heterocycles. The third-order valence-corrected chi connectivity index (χ3v) is 6.84. The van der Waals surface area contributed by atoms with Crippen molar-refractivity contribution >= 4 is 21.6 Å². The molecule has 148 valence electrons. The van der Waals surface area contributed by atoms with E-state index in [1.54, 1.807) is 12.1 Å². The van der Waals surface area contributed by atoms with E-state index < -0.39 is 15.9 Å². The van der Waals surface area contributed by atoms with Gasteiger partial charge in [-0.1, -0.05) is 36.4 Å². The Kier molecular flexibility index (Phi) is 6.26. The summed E-state index contributed by atoms with van der Waals surface area (Å²) in [5.41, 5.74) is 5.16. The second-order valence-corrected chi connectivity index (χ2v) is 9.27. The molecule has 7 heteroatoms. The highest BCUT2D eigenvalue weighted by Gasteiger charge is 2.20. The van der Waals surface area contributed by atoms with E-state index in [9.17, 15) is 13.2 Å². The monoisotopic (exact) mass is 399 g/mol. The van der Waals surface area contributed by atoms with Crippen LogP contribution in [0.4, 0.5) is 0 Å². The van der Waals surface area contributed by atoms with E-state index in [0.29, 0.717) is 5.92 Å². The fourth-order valence-electron chi connectivity index (χ4n) is 3.32. The number of carbonyl (C=O) groups excluding carboxylic acids is 1. The first-order valence-electron chi connectivity index (χ1n) is 9.31. The van der Waals surface area contributed by atoms with Crippen LogP contribution in [0.15, 0.2) is 64.6 Å². The molecule has 0 atom stereocenters. The Balaban J connectivity index is 1.62. The van der Waals surface area contributed by atoms with Crippen LogP contribution >= 0.6 is 0 Å². The van der Waals surface area contributed by atoms with Gasteiger partial charge >= 0.3 is 0 Å². The van der Waals surface area contributed by atoms with E-state index in [4.69, 9.17) is 0 Å². The molecule has 1 amide bonds. The smallest absolute Gasteiger partial charge is 0.267 e. The van der Waals surface area contributed by atoms with Crippen molar-refractivity contribution in [1.82, 2.24) is 9.73 Å². The molecule has 6 nitrogen and oxygen atoms in total. The average molecular weight is 400 g/mol. The van der Waals surface area contributed by atoms with Crippen molar-refractivity contribution < 1.29 is 13.2 Å². The van der Waals surface area contributed by atoms with Gasteiger partial charge in [0.05, 0.1) is 4.90 Å². The summed E-state index contributed by atoms with van der Waals surface area (Å²) in [6.07, 6.45) is 3.70. The van der Waals surface area contributed by atoms with Gasteiger partial charge in [-0.25, -0.2) is 18.1 Å². The second kappa shape index (κ2) is 8.67. The number of amides is 1. The van der Waals surface area contributed by atoms with Gasteiger partial charge in [-0.05, 0) is 55.4 Å². The molecule has 3 rings (SSSR count). The lowest BCUT2D eigenvalue weighted by atomic mass is 9.83. The van der Waals surface area contributed by atoms with Crippen molar-refractivity contribution in [3.8, 4) is 0 Å². The zero-order valence-electron chi connectivity index (χ0n) is 16.1. The quantitative estimate of drug-likeness (QED) is 0.783. The topological polar surface area (TPSA) is 78.8 Å². The Morgan fingerprint density at radius 2 is 1.71 bits per heavy atom. The van der Waals surface area contributed by atoms with Gasteiger partial charge in [0, 0.05) is 25.4 Å². The lowest BCUT2D eigenvalue weighted by Gasteiger charge is -2.23. The van der Waals surface area contributed by atoms with E-state index in [0.717, 1.165) is 35.7 Å². The first-order valence-corrected chi connectivity index (χ1v) is 10.8. The molecule has 0 aromatic heterocycles. The summed E-state index contributed by atoms with van der Waals surface area (Å²) >= 11 is 0. The standard InChI is InChI=1S/C21H25N3O3S/c1-24(2)28(26,27)20-10-6-9-18(15-20)21(25)23-22-19-13-11-17(12-14-19)16-7-4-3-5-8-16/h3-10,15,17H,11-14H2,1-2H3,(H,23,25). The molecule has 1 aliphatic carbocycles. The number of hydrazone groups is 1. The molecule has 0 aliphatic heterocycles. The van der Waals surface area contributed by atoms with Crippen LogP contribution in [0.5, 0.6) is 0 Å². The minimum atomic E-state index is -3.58. The van der Waals surface area contributed by atoms with Crippen LogP contribution in [0.1, 0.15) is 47.5 Å². The number of hydrogen-bond donors (Lipinski definition) is 1. The molecule has 1 aliphatic rings. The SMILES string of the molecule is CN(C)S(=O)(=O)c1cccc(C(=O)NN=C2CCC(c3ccccc3)CC2)c1. The van der Waals surface area contributed by atoms with Gasteiger partial charge < -0.3 is 0 Å². The van der Waals surface area contributed by atoms with Crippen molar-refractivity contribution in [2.24, 2.45) is 5.10 Å². The average Bonchev–Trinajstić information content (AvgIpc) is 2.73. The predicted octanol–water partition coefficient (Wildman–Crippen LogP) is 3.38. The van der Waals surface area contributed by atoms with E-state index in [1.807, 2.05) is 6.07 Å². The summed E-state index contributed by atoms with van der Waals surface area (Å²) in [7, 11) is -0.667. The number of hydrogen-bond acceptors (Lipinski definition) is 4. The third kappa shape index (κ3) is 4.66. The zero-order valence-corrected chi connectivity index (χ0v) is 16.9. The molecule has 0 saturated heterocycles. The van der Waals surface area contributed by atoms with Gasteiger partial charge in [-0.3, -0.25) is 4.79 Å². The summed E-state index contributed by atoms with van der Waals surface area (Å²) in [5.74, 6) is 0.122. The van der Waals surface area contributed by atoms with Crippen LogP contribution in [-0.2, 0) is 10.0 Å². The number of carbonyl (C=O) groups is 1. The molecule has 0 radical (unpaired) electrons. The van der Waals surface area contributed by atoms with Gasteiger partial charge in [-0.15, -0.1) is 0 Å². The molecule has 1 saturated carbocycles. The van der Waals surface area contributed by atoms with Gasteiger partial charge in [0.1, 0.15) is 0 Å². The summed E-state index contributed by atoms with van der Waals surface area (Å²) in [6.45, 7) is 0. The molecular formula is C21H25N3O3S. The van der Waals surface area contributed by atoms with Crippen LogP contribution in [0, 0.1) is 0 Å². The lowest BCUT2D eigenvalue weighted by Crippen LogP contribution is -2.24. The Morgan fingerprint density at radius 1 is 1.04 bits per heavy atom. The molecule has 1 N–H and O–H groups in total. The lowest BCUT2D eigenvalue weighted by molar-refractivity contribution is 0.0954. The maximum absolute atomic E-state index is 12.4. The largest absolute Gasteiger partial charge is 0.271 e. The highest BCUT2D eigenvalue weighted by atomic mass is 32.2. The van der Waals surface area contributed by atoms with Crippen molar-refractivity contribution in [2.75, 3.05) is 14.1 Å². The Morgan fingerprint density at radius 3 is 2.36 bits per heavy atom. The van der Waals surface area contributed by atoms with E-state index in [1.165, 1.54) is 31.8 Å². The van der Waals surface area contributed by atoms with Crippen molar-refractivity contribution in [2.45, 2.75) is 36.5 Å². The van der Waals surface area contributed by atoms with Crippen molar-refractivity contribution in [1.29, 1.82) is 0 Å². The van der Waals surface area contributed by atoms with Gasteiger partial charge in [0.15, 0.2) is 0 Å². The molecule has 28 heavy (non-hydrogen) atoms. The van der Waals surface area contributed by atoms with Crippen LogP contribution < -0.4 is 5.43 Å². The number of sulfonamides is 1. The molecule has 0 bridgehead atoms. The number of nitrogens with zero attached hydrogens (tertiary/aromatic N) is 2. The fraction of sp³-hybridized carbons (Fsp3) is 0.333. The maximum atomic E-state index is 12.4. The molecular weight excluding hydrogens is 374 g/mol. The van der Waals surface area contributed by atoms with E-state index >= 15 is 0 Å². The van der Waals surface area contributed by atoms with Gasteiger partial charge in [-0.2, -0.15) is 5.10 Å². The van der Waals surface area contributed by atoms with Crippen LogP contribution in [0.2, 0.25) is 0 Å². The van der Waals surface area contributed by atoms with Gasteiger partial charge in [0.25, 0.3) is 5.91 Å². The number of benzene rings is 2. The van der Waals surface area contributed by atoms with Crippen LogP contribution in [0.25, 0.3) is 0 Å². The van der Waals surface area contributed by atoms with Crippen LogP contribution in [-0.4, -0.2) is 38.4 Å². The maximum Gasteiger partial charge on any atom is 0.271 e. The fourth-order valence-corrected chi connectivity index (χ4v) is 4.27. The number of nitrogens with one attached hydrogen (secondary N) is 1. The van der Waals surface area contributed by atoms with Crippen molar-refractivity contribution in [3.05, 3.63) is 65.7 Å². The molecule has 2 aromatic rings. The summed E-state index contributed by atoms with van der Waals surface area (Å²) in [4.78, 5) is 12.5. The third-order valence-electron chi connectivity index (χ3n) is 5.02. The first-order chi connectivity index (χ1) is 13.4. The highest BCUT2D eigenvalue weighted by molar-refractivity contribution is 7.89. The molecule has 2 aromatic carbocycles. The van der Waals surface area contributed by atoms with Gasteiger partial charge in [0.2, 0.25) is 10.0 Å². The van der Waals surface area contributed by atoms with Crippen LogP contribution in [0.3, 0.4) is 0 Å². The molecule has 1 fully saturated rings. The second-order valence-electron chi connectivity index (χ2n) is 7.12. The summed E-state index contributed by atoms with van der Waals surface area (Å²) in [6, 6.07) is 16.4. The number of rotatable bonds is 5. The highest BCUT2D eigenvalue weighted by Crippen LogP contribution is 2.31. The zero-order chi connectivity index (χ0) is 20.1. The van der Waals surface area contributed by atoms with Crippen molar-refractivity contribution in [3.63, 3.8) is 0 Å². The van der Waals surface area contributed by atoms with E-state index in [2.05, 4.69) is 34.8 Å². The Bertz CT molecular complexity index is 959. The minimum absolute atomic E-state index is 0.0844. The molecule has 0 unspecified atom stereocenters. The first kappa shape index (κ1) is 20.2. The minimum Gasteiger partial charge on any atom is -0.267 e. The summed E-state index contributed by atoms with van der Waals surface area (Å²) in [5, 5.41) is 4.27. The summed E-state index contributed by atoms with van der Waals surface area (Å²) < 4.78 is 25.6. The Labute approximate surface area is 166 Å².